The molecule has 2 aromatic rings. The van der Waals surface area contributed by atoms with Crippen molar-refractivity contribution in [1.82, 2.24) is 19.5 Å². The van der Waals surface area contributed by atoms with Crippen LogP contribution in [0.15, 0.2) is 18.2 Å². The summed E-state index contributed by atoms with van der Waals surface area (Å²) >= 11 is 0. The lowest BCUT2D eigenvalue weighted by Crippen LogP contribution is -2.34. The molecule has 2 aromatic heterocycles. The van der Waals surface area contributed by atoms with Crippen molar-refractivity contribution in [3.8, 4) is 0 Å². The number of hydrogen-bond acceptors (Lipinski definition) is 4. The zero-order chi connectivity index (χ0) is 14.8. The number of pyridine rings is 1. The first kappa shape index (κ1) is 14.0. The summed E-state index contributed by atoms with van der Waals surface area (Å²) in [5.74, 6) is 0.366. The van der Waals surface area contributed by atoms with Crippen molar-refractivity contribution >= 4 is 11.6 Å². The third-order valence-electron chi connectivity index (χ3n) is 4.25. The van der Waals surface area contributed by atoms with Gasteiger partial charge < -0.3 is 10.0 Å². The molecular formula is C15H20N4O2. The van der Waals surface area contributed by atoms with E-state index in [1.54, 1.807) is 18.2 Å². The van der Waals surface area contributed by atoms with Crippen LogP contribution in [-0.4, -0.2) is 50.2 Å². The molecule has 0 amide bonds. The minimum absolute atomic E-state index is 0.159. The van der Waals surface area contributed by atoms with E-state index in [-0.39, 0.29) is 5.69 Å². The van der Waals surface area contributed by atoms with Gasteiger partial charge in [0.15, 0.2) is 17.2 Å². The first-order valence-corrected chi connectivity index (χ1v) is 7.47. The number of aromatic nitrogens is 3. The lowest BCUT2D eigenvalue weighted by Gasteiger charge is -2.30. The Kier molecular flexibility index (Phi) is 3.88. The lowest BCUT2D eigenvalue weighted by molar-refractivity contribution is 0.0687. The summed E-state index contributed by atoms with van der Waals surface area (Å²) in [6, 6.07) is 5.05. The third kappa shape index (κ3) is 2.90. The summed E-state index contributed by atoms with van der Waals surface area (Å²) in [4.78, 5) is 18.1. The Morgan fingerprint density at radius 3 is 2.81 bits per heavy atom. The molecule has 0 unspecified atom stereocenters. The van der Waals surface area contributed by atoms with Crippen LogP contribution in [0.3, 0.4) is 0 Å². The van der Waals surface area contributed by atoms with Crippen LogP contribution in [0.5, 0.6) is 0 Å². The molecular weight excluding hydrogens is 268 g/mol. The van der Waals surface area contributed by atoms with Gasteiger partial charge in [-0.25, -0.2) is 14.3 Å². The molecule has 3 rings (SSSR count). The molecule has 0 aromatic carbocycles. The summed E-state index contributed by atoms with van der Waals surface area (Å²) in [5.41, 5.74) is 0.767. The quantitative estimate of drug-likeness (QED) is 0.927. The Labute approximate surface area is 123 Å². The summed E-state index contributed by atoms with van der Waals surface area (Å²) in [6.07, 6.45) is 3.16. The van der Waals surface area contributed by atoms with Crippen molar-refractivity contribution in [2.24, 2.45) is 5.92 Å². The normalized spacial score (nSPS) is 17.4. The standard InChI is InChI=1S/C15H20N4O2/c1-2-18-8-6-11(7-9-18)10-13-16-14-5-3-4-12(15(20)21)19(14)17-13/h3-5,11H,2,6-10H2,1H3,(H,20,21). The molecule has 0 saturated carbocycles. The molecule has 112 valence electrons. The fourth-order valence-electron chi connectivity index (χ4n) is 2.96. The molecule has 1 aliphatic heterocycles. The number of aromatic carboxylic acids is 1. The topological polar surface area (TPSA) is 70.7 Å². The van der Waals surface area contributed by atoms with Crippen molar-refractivity contribution in [2.45, 2.75) is 26.2 Å². The predicted octanol–water partition coefficient (Wildman–Crippen LogP) is 1.70. The van der Waals surface area contributed by atoms with E-state index in [2.05, 4.69) is 21.9 Å². The molecule has 0 spiro atoms. The van der Waals surface area contributed by atoms with Crippen LogP contribution in [-0.2, 0) is 6.42 Å². The molecule has 0 aliphatic carbocycles. The fourth-order valence-corrected chi connectivity index (χ4v) is 2.96. The predicted molar refractivity (Wildman–Crippen MR) is 78.5 cm³/mol. The zero-order valence-corrected chi connectivity index (χ0v) is 12.2. The van der Waals surface area contributed by atoms with Crippen LogP contribution in [0.4, 0.5) is 0 Å². The number of nitrogens with zero attached hydrogens (tertiary/aromatic N) is 4. The minimum atomic E-state index is -0.978. The van der Waals surface area contributed by atoms with Crippen LogP contribution >= 0.6 is 0 Å². The Bertz CT molecular complexity index is 644. The first-order valence-electron chi connectivity index (χ1n) is 7.47. The van der Waals surface area contributed by atoms with E-state index in [9.17, 15) is 9.90 Å². The smallest absolute Gasteiger partial charge is 0.354 e. The lowest BCUT2D eigenvalue weighted by atomic mass is 9.93. The van der Waals surface area contributed by atoms with Gasteiger partial charge in [-0.1, -0.05) is 13.0 Å². The second kappa shape index (κ2) is 5.81. The number of carbonyl (C=O) groups is 1. The number of carboxylic acid groups (broad SMARTS) is 1. The summed E-state index contributed by atoms with van der Waals surface area (Å²) < 4.78 is 1.43. The summed E-state index contributed by atoms with van der Waals surface area (Å²) in [7, 11) is 0. The molecule has 1 N–H and O–H groups in total. The number of piperidine rings is 1. The Morgan fingerprint density at radius 1 is 1.38 bits per heavy atom. The van der Waals surface area contributed by atoms with E-state index in [0.29, 0.717) is 11.6 Å². The number of likely N-dealkylation sites (tertiary alicyclic amines) is 1. The van der Waals surface area contributed by atoms with Gasteiger partial charge in [0, 0.05) is 6.42 Å². The number of hydrogen-bond donors (Lipinski definition) is 1. The minimum Gasteiger partial charge on any atom is -0.477 e. The zero-order valence-electron chi connectivity index (χ0n) is 12.2. The van der Waals surface area contributed by atoms with Gasteiger partial charge in [0.1, 0.15) is 0 Å². The fraction of sp³-hybridized carbons (Fsp3) is 0.533. The Hall–Kier alpha value is -1.95. The average molecular weight is 288 g/mol. The van der Waals surface area contributed by atoms with Crippen LogP contribution < -0.4 is 0 Å². The Balaban J connectivity index is 1.76. The van der Waals surface area contributed by atoms with Crippen molar-refractivity contribution in [3.05, 3.63) is 29.7 Å². The van der Waals surface area contributed by atoms with Gasteiger partial charge in [0.05, 0.1) is 0 Å². The second-order valence-electron chi connectivity index (χ2n) is 5.60. The van der Waals surface area contributed by atoms with Crippen molar-refractivity contribution in [2.75, 3.05) is 19.6 Å². The molecule has 3 heterocycles. The Morgan fingerprint density at radius 2 is 2.14 bits per heavy atom. The molecule has 21 heavy (non-hydrogen) atoms. The number of fused-ring (bicyclic) bond motifs is 1. The molecule has 0 radical (unpaired) electrons. The van der Waals surface area contributed by atoms with Gasteiger partial charge >= 0.3 is 5.97 Å². The molecule has 0 bridgehead atoms. The highest BCUT2D eigenvalue weighted by atomic mass is 16.4. The number of carboxylic acids is 1. The molecule has 6 heteroatoms. The van der Waals surface area contributed by atoms with E-state index >= 15 is 0 Å². The summed E-state index contributed by atoms with van der Waals surface area (Å²) in [6.45, 7) is 5.57. The van der Waals surface area contributed by atoms with Crippen molar-refractivity contribution in [3.63, 3.8) is 0 Å². The molecule has 0 atom stereocenters. The van der Waals surface area contributed by atoms with Gasteiger partial charge in [0.2, 0.25) is 0 Å². The molecule has 1 aliphatic rings. The molecule has 6 nitrogen and oxygen atoms in total. The van der Waals surface area contributed by atoms with E-state index in [4.69, 9.17) is 0 Å². The SMILES string of the molecule is CCN1CCC(Cc2nc3cccc(C(=O)O)n3n2)CC1. The largest absolute Gasteiger partial charge is 0.477 e. The summed E-state index contributed by atoms with van der Waals surface area (Å²) in [5, 5.41) is 13.6. The maximum atomic E-state index is 11.2. The maximum absolute atomic E-state index is 11.2. The van der Waals surface area contributed by atoms with E-state index in [1.807, 2.05) is 0 Å². The first-order chi connectivity index (χ1) is 10.2. The van der Waals surface area contributed by atoms with Crippen LogP contribution in [0.1, 0.15) is 36.1 Å². The van der Waals surface area contributed by atoms with Gasteiger partial charge in [-0.05, 0) is 50.5 Å². The van der Waals surface area contributed by atoms with Gasteiger partial charge in [-0.15, -0.1) is 0 Å². The second-order valence-corrected chi connectivity index (χ2v) is 5.60. The molecule has 1 saturated heterocycles. The maximum Gasteiger partial charge on any atom is 0.354 e. The van der Waals surface area contributed by atoms with E-state index in [0.717, 1.165) is 44.7 Å². The monoisotopic (exact) mass is 288 g/mol. The van der Waals surface area contributed by atoms with Crippen LogP contribution in [0.25, 0.3) is 5.65 Å². The van der Waals surface area contributed by atoms with E-state index in [1.165, 1.54) is 4.52 Å². The van der Waals surface area contributed by atoms with Crippen molar-refractivity contribution in [1.29, 1.82) is 0 Å². The van der Waals surface area contributed by atoms with Gasteiger partial charge in [-0.3, -0.25) is 0 Å². The van der Waals surface area contributed by atoms with Crippen LogP contribution in [0.2, 0.25) is 0 Å². The third-order valence-corrected chi connectivity index (χ3v) is 4.25. The van der Waals surface area contributed by atoms with Crippen molar-refractivity contribution < 1.29 is 9.90 Å². The van der Waals surface area contributed by atoms with Crippen LogP contribution in [0, 0.1) is 5.92 Å². The van der Waals surface area contributed by atoms with Gasteiger partial charge in [-0.2, -0.15) is 5.10 Å². The highest BCUT2D eigenvalue weighted by Gasteiger charge is 2.20. The average Bonchev–Trinajstić information content (AvgIpc) is 2.89. The highest BCUT2D eigenvalue weighted by molar-refractivity contribution is 5.86. The van der Waals surface area contributed by atoms with E-state index < -0.39 is 5.97 Å². The van der Waals surface area contributed by atoms with Gasteiger partial charge in [0.25, 0.3) is 0 Å². The highest BCUT2D eigenvalue weighted by Crippen LogP contribution is 2.20. The molecule has 1 fully saturated rings. The number of rotatable bonds is 4.